The number of urea groups is 1. The number of rotatable bonds is 3. The molecule has 2 N–H and O–H groups in total. The molecule has 1 saturated carbocycles. The third kappa shape index (κ3) is 1.51. The first-order valence-electron chi connectivity index (χ1n) is 6.24. The molecule has 0 bridgehead atoms. The summed E-state index contributed by atoms with van der Waals surface area (Å²) in [6, 6.07) is -0.322. The van der Waals surface area contributed by atoms with Crippen LogP contribution in [0.5, 0.6) is 0 Å². The van der Waals surface area contributed by atoms with Crippen LogP contribution < -0.4 is 10.6 Å². The van der Waals surface area contributed by atoms with E-state index < -0.39 is 5.54 Å². The van der Waals surface area contributed by atoms with Crippen LogP contribution >= 0.6 is 0 Å². The van der Waals surface area contributed by atoms with E-state index in [1.54, 1.807) is 0 Å². The molecule has 4 nitrogen and oxygen atoms in total. The Morgan fingerprint density at radius 2 is 2.00 bits per heavy atom. The predicted molar refractivity (Wildman–Crippen MR) is 60.8 cm³/mol. The van der Waals surface area contributed by atoms with Crippen LogP contribution in [0.3, 0.4) is 0 Å². The van der Waals surface area contributed by atoms with Crippen molar-refractivity contribution in [3.05, 3.63) is 0 Å². The Bertz CT molecular complexity index is 310. The number of hydrogen-bond donors (Lipinski definition) is 2. The zero-order chi connectivity index (χ0) is 11.8. The fourth-order valence-electron chi connectivity index (χ4n) is 3.22. The highest BCUT2D eigenvalue weighted by Crippen LogP contribution is 2.41. The van der Waals surface area contributed by atoms with Crippen LogP contribution in [0, 0.1) is 11.8 Å². The maximum Gasteiger partial charge on any atom is 0.322 e. The Hall–Kier alpha value is -1.06. The molecule has 0 aromatic rings. The van der Waals surface area contributed by atoms with Crippen molar-refractivity contribution in [3.63, 3.8) is 0 Å². The lowest BCUT2D eigenvalue weighted by Crippen LogP contribution is -2.57. The van der Waals surface area contributed by atoms with E-state index >= 15 is 0 Å². The minimum atomic E-state index is -0.637. The molecule has 1 heterocycles. The lowest BCUT2D eigenvalue weighted by Gasteiger charge is -2.37. The van der Waals surface area contributed by atoms with Gasteiger partial charge in [-0.1, -0.05) is 33.1 Å². The van der Waals surface area contributed by atoms with Crippen molar-refractivity contribution in [1.82, 2.24) is 10.6 Å². The van der Waals surface area contributed by atoms with Crippen molar-refractivity contribution in [1.29, 1.82) is 0 Å². The molecule has 0 aromatic carbocycles. The van der Waals surface area contributed by atoms with E-state index in [0.29, 0.717) is 5.92 Å². The molecule has 2 aliphatic rings. The van der Waals surface area contributed by atoms with Crippen LogP contribution in [0.25, 0.3) is 0 Å². The molecule has 0 spiro atoms. The number of amides is 3. The fraction of sp³-hybridized carbons (Fsp3) is 0.833. The van der Waals surface area contributed by atoms with Crippen LogP contribution in [-0.2, 0) is 4.79 Å². The average molecular weight is 224 g/mol. The Kier molecular flexibility index (Phi) is 2.91. The van der Waals surface area contributed by atoms with E-state index in [2.05, 4.69) is 24.5 Å². The van der Waals surface area contributed by atoms with Gasteiger partial charge in [-0.3, -0.25) is 10.1 Å². The van der Waals surface area contributed by atoms with Crippen LogP contribution in [0.2, 0.25) is 0 Å². The van der Waals surface area contributed by atoms with Gasteiger partial charge in [0, 0.05) is 0 Å². The van der Waals surface area contributed by atoms with Crippen LogP contribution in [0.4, 0.5) is 4.79 Å². The second-order valence-corrected chi connectivity index (χ2v) is 5.07. The van der Waals surface area contributed by atoms with Gasteiger partial charge in [-0.05, 0) is 24.7 Å². The van der Waals surface area contributed by atoms with Gasteiger partial charge in [0.1, 0.15) is 5.54 Å². The standard InChI is InChI=1S/C12H20N2O2/c1-3-8(2)12(9-6-4-5-7-9)10(15)13-11(16)14-12/h8-9H,3-7H2,1-2H3,(H2,13,14,15,16)/t8-,12-/m0/s1. The van der Waals surface area contributed by atoms with Gasteiger partial charge in [0.05, 0.1) is 0 Å². The van der Waals surface area contributed by atoms with Gasteiger partial charge in [-0.25, -0.2) is 4.79 Å². The minimum Gasteiger partial charge on any atom is -0.323 e. The van der Waals surface area contributed by atoms with Crippen molar-refractivity contribution in [2.45, 2.75) is 51.5 Å². The van der Waals surface area contributed by atoms with Gasteiger partial charge in [-0.15, -0.1) is 0 Å². The summed E-state index contributed by atoms with van der Waals surface area (Å²) in [4.78, 5) is 23.5. The smallest absolute Gasteiger partial charge is 0.322 e. The van der Waals surface area contributed by atoms with E-state index in [0.717, 1.165) is 19.3 Å². The number of hydrogen-bond acceptors (Lipinski definition) is 2. The van der Waals surface area contributed by atoms with Crippen molar-refractivity contribution in [2.24, 2.45) is 11.8 Å². The van der Waals surface area contributed by atoms with Gasteiger partial charge in [0.25, 0.3) is 5.91 Å². The summed E-state index contributed by atoms with van der Waals surface area (Å²) in [6.45, 7) is 4.13. The molecular weight excluding hydrogens is 204 g/mol. The monoisotopic (exact) mass is 224 g/mol. The van der Waals surface area contributed by atoms with Gasteiger partial charge in [0.2, 0.25) is 0 Å². The molecule has 1 aliphatic carbocycles. The zero-order valence-electron chi connectivity index (χ0n) is 10.0. The normalized spacial score (nSPS) is 32.6. The predicted octanol–water partition coefficient (Wildman–Crippen LogP) is 1.80. The number of carbonyl (C=O) groups excluding carboxylic acids is 2. The summed E-state index contributed by atoms with van der Waals surface area (Å²) in [5, 5.41) is 5.32. The van der Waals surface area contributed by atoms with Crippen LogP contribution in [-0.4, -0.2) is 17.5 Å². The van der Waals surface area contributed by atoms with E-state index in [-0.39, 0.29) is 17.9 Å². The molecule has 0 aromatic heterocycles. The van der Waals surface area contributed by atoms with Crippen molar-refractivity contribution >= 4 is 11.9 Å². The first-order chi connectivity index (χ1) is 7.61. The minimum absolute atomic E-state index is 0.112. The van der Waals surface area contributed by atoms with Gasteiger partial charge < -0.3 is 5.32 Å². The Morgan fingerprint density at radius 3 is 2.44 bits per heavy atom. The first kappa shape index (κ1) is 11.4. The summed E-state index contributed by atoms with van der Waals surface area (Å²) < 4.78 is 0. The number of carbonyl (C=O) groups is 2. The van der Waals surface area contributed by atoms with Gasteiger partial charge in [-0.2, -0.15) is 0 Å². The second kappa shape index (κ2) is 4.07. The first-order valence-corrected chi connectivity index (χ1v) is 6.24. The van der Waals surface area contributed by atoms with Crippen molar-refractivity contribution in [2.75, 3.05) is 0 Å². The highest BCUT2D eigenvalue weighted by molar-refractivity contribution is 6.07. The molecule has 0 radical (unpaired) electrons. The van der Waals surface area contributed by atoms with E-state index in [4.69, 9.17) is 0 Å². The lowest BCUT2D eigenvalue weighted by atomic mass is 9.72. The van der Waals surface area contributed by atoms with E-state index in [9.17, 15) is 9.59 Å². The molecular formula is C12H20N2O2. The molecule has 2 rings (SSSR count). The highest BCUT2D eigenvalue weighted by atomic mass is 16.2. The molecule has 2 fully saturated rings. The molecule has 2 atom stereocenters. The molecule has 1 aliphatic heterocycles. The maximum atomic E-state index is 12.1. The van der Waals surface area contributed by atoms with E-state index in [1.165, 1.54) is 12.8 Å². The van der Waals surface area contributed by atoms with Crippen LogP contribution in [0.15, 0.2) is 0 Å². The summed E-state index contributed by atoms with van der Waals surface area (Å²) in [5.74, 6) is 0.398. The molecule has 0 unspecified atom stereocenters. The largest absolute Gasteiger partial charge is 0.323 e. The van der Waals surface area contributed by atoms with Crippen LogP contribution in [0.1, 0.15) is 46.0 Å². The average Bonchev–Trinajstić information content (AvgIpc) is 2.85. The highest BCUT2D eigenvalue weighted by Gasteiger charge is 2.54. The zero-order valence-corrected chi connectivity index (χ0v) is 10.0. The molecule has 90 valence electrons. The number of imide groups is 1. The summed E-state index contributed by atoms with van der Waals surface area (Å²) >= 11 is 0. The molecule has 1 saturated heterocycles. The van der Waals surface area contributed by atoms with Gasteiger partial charge >= 0.3 is 6.03 Å². The molecule has 3 amide bonds. The summed E-state index contributed by atoms with van der Waals surface area (Å²) in [7, 11) is 0. The van der Waals surface area contributed by atoms with Gasteiger partial charge in [0.15, 0.2) is 0 Å². The van der Waals surface area contributed by atoms with Crippen molar-refractivity contribution < 1.29 is 9.59 Å². The quantitative estimate of drug-likeness (QED) is 0.718. The molecule has 16 heavy (non-hydrogen) atoms. The lowest BCUT2D eigenvalue weighted by molar-refractivity contribution is -0.128. The summed E-state index contributed by atoms with van der Waals surface area (Å²) in [6.07, 6.45) is 5.36. The molecule has 4 heteroatoms. The number of nitrogens with one attached hydrogen (secondary N) is 2. The second-order valence-electron chi connectivity index (χ2n) is 5.07. The Labute approximate surface area is 96.2 Å². The Morgan fingerprint density at radius 1 is 1.38 bits per heavy atom. The Balaban J connectivity index is 2.31. The SMILES string of the molecule is CC[C@H](C)[C@@]1(C2CCCC2)NC(=O)NC1=O. The third-order valence-electron chi connectivity index (χ3n) is 4.31. The summed E-state index contributed by atoms with van der Waals surface area (Å²) in [5.41, 5.74) is -0.637. The maximum absolute atomic E-state index is 12.1. The van der Waals surface area contributed by atoms with E-state index in [1.807, 2.05) is 0 Å². The fourth-order valence-corrected chi connectivity index (χ4v) is 3.22. The van der Waals surface area contributed by atoms with Crippen molar-refractivity contribution in [3.8, 4) is 0 Å². The topological polar surface area (TPSA) is 58.2 Å². The third-order valence-corrected chi connectivity index (χ3v) is 4.31.